The summed E-state index contributed by atoms with van der Waals surface area (Å²) in [6, 6.07) is 28.3. The van der Waals surface area contributed by atoms with Crippen molar-refractivity contribution in [3.8, 4) is 28.4 Å². The maximum absolute atomic E-state index is 14.7. The van der Waals surface area contributed by atoms with Gasteiger partial charge in [0.25, 0.3) is 0 Å². The standard InChI is InChI=1S/C25H20NO4P/c27-19-13-9-17(10-14-19)25(26-18-11-15-20(28)16-12-18)31(29)24-8-4-2-6-22(24)21-5-1-3-7-23(21)30-31/h1-16,25-28H. The van der Waals surface area contributed by atoms with Gasteiger partial charge in [0, 0.05) is 11.3 Å². The molecule has 31 heavy (non-hydrogen) atoms. The number of rotatable bonds is 4. The molecule has 6 heteroatoms. The third kappa shape index (κ3) is 3.43. The van der Waals surface area contributed by atoms with Crippen molar-refractivity contribution >= 4 is 18.4 Å². The normalized spacial score (nSPS) is 17.7. The molecule has 0 radical (unpaired) electrons. The number of hydrogen-bond donors (Lipinski definition) is 3. The molecule has 5 nitrogen and oxygen atoms in total. The van der Waals surface area contributed by atoms with Crippen molar-refractivity contribution in [1.29, 1.82) is 0 Å². The molecule has 4 aromatic carbocycles. The predicted molar refractivity (Wildman–Crippen MR) is 122 cm³/mol. The molecule has 1 aliphatic rings. The van der Waals surface area contributed by atoms with E-state index in [2.05, 4.69) is 5.32 Å². The molecule has 154 valence electrons. The second-order valence-electron chi connectivity index (χ2n) is 7.39. The Bertz CT molecular complexity index is 1290. The van der Waals surface area contributed by atoms with Gasteiger partial charge in [-0.25, -0.2) is 0 Å². The van der Waals surface area contributed by atoms with Gasteiger partial charge in [-0.2, -0.15) is 0 Å². The van der Waals surface area contributed by atoms with Crippen LogP contribution in [0.1, 0.15) is 11.3 Å². The summed E-state index contributed by atoms with van der Waals surface area (Å²) in [4.78, 5) is 0. The lowest BCUT2D eigenvalue weighted by atomic mass is 10.0. The van der Waals surface area contributed by atoms with E-state index in [1.54, 1.807) is 48.5 Å². The van der Waals surface area contributed by atoms with Crippen molar-refractivity contribution in [1.82, 2.24) is 0 Å². The molecule has 0 saturated heterocycles. The largest absolute Gasteiger partial charge is 0.508 e. The number of fused-ring (bicyclic) bond motifs is 3. The van der Waals surface area contributed by atoms with E-state index in [0.29, 0.717) is 22.3 Å². The van der Waals surface area contributed by atoms with Gasteiger partial charge in [0.2, 0.25) is 0 Å². The van der Waals surface area contributed by atoms with Crippen LogP contribution in [0, 0.1) is 0 Å². The molecule has 0 fully saturated rings. The molecule has 4 aromatic rings. The van der Waals surface area contributed by atoms with E-state index in [0.717, 1.165) is 11.1 Å². The third-order valence-corrected chi connectivity index (χ3v) is 8.01. The maximum atomic E-state index is 14.7. The lowest BCUT2D eigenvalue weighted by Gasteiger charge is -2.34. The van der Waals surface area contributed by atoms with E-state index >= 15 is 0 Å². The summed E-state index contributed by atoms with van der Waals surface area (Å²) < 4.78 is 20.9. The zero-order valence-corrected chi connectivity index (χ0v) is 17.4. The number of anilines is 1. The summed E-state index contributed by atoms with van der Waals surface area (Å²) in [7, 11) is -3.52. The van der Waals surface area contributed by atoms with Crippen molar-refractivity contribution < 1.29 is 19.3 Å². The average molecular weight is 429 g/mol. The van der Waals surface area contributed by atoms with E-state index in [-0.39, 0.29) is 11.5 Å². The Balaban J connectivity index is 1.69. The van der Waals surface area contributed by atoms with E-state index in [1.165, 1.54) is 0 Å². The minimum absolute atomic E-state index is 0.126. The smallest absolute Gasteiger partial charge is 0.303 e. The highest BCUT2D eigenvalue weighted by molar-refractivity contribution is 7.68. The number of phenolic OH excluding ortho intramolecular Hbond substituents is 2. The zero-order chi connectivity index (χ0) is 21.4. The van der Waals surface area contributed by atoms with E-state index in [9.17, 15) is 14.8 Å². The van der Waals surface area contributed by atoms with Crippen LogP contribution in [-0.4, -0.2) is 10.2 Å². The summed E-state index contributed by atoms with van der Waals surface area (Å²) in [5, 5.41) is 23.4. The van der Waals surface area contributed by atoms with Gasteiger partial charge in [-0.05, 0) is 59.7 Å². The molecule has 0 amide bonds. The summed E-state index contributed by atoms with van der Waals surface area (Å²) in [6.07, 6.45) is 0. The molecule has 0 aromatic heterocycles. The van der Waals surface area contributed by atoms with E-state index < -0.39 is 13.2 Å². The summed E-state index contributed by atoms with van der Waals surface area (Å²) in [6.45, 7) is 0. The number of hydrogen-bond acceptors (Lipinski definition) is 5. The fourth-order valence-corrected chi connectivity index (χ4v) is 6.51. The topological polar surface area (TPSA) is 78.8 Å². The van der Waals surface area contributed by atoms with Crippen LogP contribution in [-0.2, 0) is 4.57 Å². The second kappa shape index (κ2) is 7.53. The summed E-state index contributed by atoms with van der Waals surface area (Å²) in [5.74, 6) is 0.125. The van der Waals surface area contributed by atoms with Crippen molar-refractivity contribution in [2.45, 2.75) is 5.78 Å². The second-order valence-corrected chi connectivity index (χ2v) is 9.76. The predicted octanol–water partition coefficient (Wildman–Crippen LogP) is 5.87. The van der Waals surface area contributed by atoms with Crippen LogP contribution < -0.4 is 15.1 Å². The molecular weight excluding hydrogens is 409 g/mol. The van der Waals surface area contributed by atoms with Crippen LogP contribution in [0.3, 0.4) is 0 Å². The molecule has 3 N–H and O–H groups in total. The third-order valence-electron chi connectivity index (χ3n) is 5.37. The Kier molecular flexibility index (Phi) is 4.68. The van der Waals surface area contributed by atoms with E-state index in [1.807, 2.05) is 48.5 Å². The van der Waals surface area contributed by atoms with Gasteiger partial charge in [0.15, 0.2) is 0 Å². The van der Waals surface area contributed by atoms with E-state index in [4.69, 9.17) is 4.52 Å². The first-order valence-corrected chi connectivity index (χ1v) is 11.6. The highest BCUT2D eigenvalue weighted by Crippen LogP contribution is 2.63. The van der Waals surface area contributed by atoms with Crippen LogP contribution in [0.2, 0.25) is 0 Å². The van der Waals surface area contributed by atoms with Crippen molar-refractivity contribution in [2.24, 2.45) is 0 Å². The van der Waals surface area contributed by atoms with Gasteiger partial charge in [-0.15, -0.1) is 0 Å². The summed E-state index contributed by atoms with van der Waals surface area (Å²) in [5.41, 5.74) is 3.18. The summed E-state index contributed by atoms with van der Waals surface area (Å²) >= 11 is 0. The van der Waals surface area contributed by atoms with Crippen molar-refractivity contribution in [3.63, 3.8) is 0 Å². The van der Waals surface area contributed by atoms with Crippen LogP contribution >= 0.6 is 7.37 Å². The highest BCUT2D eigenvalue weighted by Gasteiger charge is 2.44. The van der Waals surface area contributed by atoms with Crippen LogP contribution in [0.4, 0.5) is 5.69 Å². The number of phenols is 2. The highest BCUT2D eigenvalue weighted by atomic mass is 31.2. The van der Waals surface area contributed by atoms with Gasteiger partial charge < -0.3 is 20.1 Å². The molecule has 0 saturated carbocycles. The maximum Gasteiger partial charge on any atom is 0.303 e. The van der Waals surface area contributed by atoms with Crippen LogP contribution in [0.5, 0.6) is 17.2 Å². The number of aromatic hydroxyl groups is 2. The first-order valence-electron chi connectivity index (χ1n) is 9.87. The Morgan fingerprint density at radius 2 is 1.29 bits per heavy atom. The fraction of sp³-hybridized carbons (Fsp3) is 0.0400. The molecular formula is C25H20NO4P. The average Bonchev–Trinajstić information content (AvgIpc) is 2.80. The molecule has 5 rings (SSSR count). The molecule has 0 spiro atoms. The number of benzene rings is 4. The first kappa shape index (κ1) is 19.3. The van der Waals surface area contributed by atoms with Crippen LogP contribution in [0.15, 0.2) is 97.1 Å². The Labute approximate surface area is 180 Å². The molecule has 2 atom stereocenters. The number of para-hydroxylation sites is 1. The van der Waals surface area contributed by atoms with Gasteiger partial charge in [0.05, 0.1) is 5.30 Å². The van der Waals surface area contributed by atoms with Gasteiger partial charge in [-0.3, -0.25) is 4.57 Å². The van der Waals surface area contributed by atoms with Crippen molar-refractivity contribution in [3.05, 3.63) is 103 Å². The lowest BCUT2D eigenvalue weighted by Crippen LogP contribution is -2.26. The minimum Gasteiger partial charge on any atom is -0.508 e. The van der Waals surface area contributed by atoms with Gasteiger partial charge in [-0.1, -0.05) is 48.5 Å². The lowest BCUT2D eigenvalue weighted by molar-refractivity contribution is 0.473. The Morgan fingerprint density at radius 1 is 0.710 bits per heavy atom. The zero-order valence-electron chi connectivity index (χ0n) is 16.5. The molecule has 0 aliphatic carbocycles. The fourth-order valence-electron chi connectivity index (χ4n) is 3.87. The number of nitrogens with one attached hydrogen (secondary N) is 1. The monoisotopic (exact) mass is 429 g/mol. The van der Waals surface area contributed by atoms with Gasteiger partial charge in [0.1, 0.15) is 23.0 Å². The first-order chi connectivity index (χ1) is 15.0. The molecule has 2 unspecified atom stereocenters. The van der Waals surface area contributed by atoms with Crippen LogP contribution in [0.25, 0.3) is 11.1 Å². The molecule has 1 heterocycles. The Hall–Kier alpha value is -3.69. The SMILES string of the molecule is O=P1(C(Nc2ccc(O)cc2)c2ccc(O)cc2)Oc2ccccc2-c2ccccc21. The Morgan fingerprint density at radius 3 is 2.00 bits per heavy atom. The van der Waals surface area contributed by atoms with Crippen molar-refractivity contribution in [2.75, 3.05) is 5.32 Å². The molecule has 1 aliphatic heterocycles. The quantitative estimate of drug-likeness (QED) is 0.279. The van der Waals surface area contributed by atoms with Gasteiger partial charge >= 0.3 is 7.37 Å². The minimum atomic E-state index is -3.52. The molecule has 0 bridgehead atoms.